The van der Waals surface area contributed by atoms with Gasteiger partial charge in [0, 0.05) is 0 Å². The molecule has 0 aromatic rings. The zero-order chi connectivity index (χ0) is 9.07. The van der Waals surface area contributed by atoms with Gasteiger partial charge in [-0.25, -0.2) is 0 Å². The Morgan fingerprint density at radius 3 is 2.27 bits per heavy atom. The zero-order valence-electron chi connectivity index (χ0n) is 8.22. The summed E-state index contributed by atoms with van der Waals surface area (Å²) in [5, 5.41) is 0. The van der Waals surface area contributed by atoms with E-state index in [-0.39, 0.29) is 5.60 Å². The van der Waals surface area contributed by atoms with Crippen molar-refractivity contribution < 1.29 is 2.69 Å². The summed E-state index contributed by atoms with van der Waals surface area (Å²) in [6.07, 6.45) is 0. The quantitative estimate of drug-likeness (QED) is 0.699. The van der Waals surface area contributed by atoms with Gasteiger partial charge in [-0.2, -0.15) is 0 Å². The van der Waals surface area contributed by atoms with E-state index in [1.807, 2.05) is 0 Å². The van der Waals surface area contributed by atoms with Gasteiger partial charge in [0.2, 0.25) is 0 Å². The molecule has 0 aromatic carbocycles. The van der Waals surface area contributed by atoms with Gasteiger partial charge in [0.25, 0.3) is 0 Å². The van der Waals surface area contributed by atoms with E-state index >= 15 is 0 Å². The molecule has 0 aliphatic heterocycles. The molecule has 0 saturated carbocycles. The number of hydrogen-bond acceptors (Lipinski definition) is 2. The van der Waals surface area contributed by atoms with Crippen LogP contribution in [0.5, 0.6) is 0 Å². The predicted octanol–water partition coefficient (Wildman–Crippen LogP) is 0.938. The number of likely N-dealkylation sites (N-methyl/N-ethyl adjacent to an activating group) is 1. The summed E-state index contributed by atoms with van der Waals surface area (Å²) >= 11 is 0.628. The van der Waals surface area contributed by atoms with Crippen molar-refractivity contribution in [1.29, 1.82) is 0 Å². The summed E-state index contributed by atoms with van der Waals surface area (Å²) in [6.45, 7) is 9.78. The molecule has 0 fully saturated rings. The van der Waals surface area contributed by atoms with Gasteiger partial charge >= 0.3 is 86.7 Å². The van der Waals surface area contributed by atoms with Gasteiger partial charge in [-0.3, -0.25) is 0 Å². The van der Waals surface area contributed by atoms with Crippen molar-refractivity contribution in [2.24, 2.45) is 0 Å². The van der Waals surface area contributed by atoms with E-state index in [1.54, 1.807) is 0 Å². The van der Waals surface area contributed by atoms with E-state index in [2.05, 4.69) is 39.6 Å². The van der Waals surface area contributed by atoms with Gasteiger partial charge in [-0.05, 0) is 0 Å². The molecule has 1 atom stereocenters. The third kappa shape index (κ3) is 3.38. The molecular weight excluding hydrogens is 333 g/mol. The van der Waals surface area contributed by atoms with Gasteiger partial charge in [-0.1, -0.05) is 0 Å². The Balaban J connectivity index is 4.10. The van der Waals surface area contributed by atoms with E-state index in [4.69, 9.17) is 2.69 Å². The predicted molar refractivity (Wildman–Crippen MR) is 50.1 cm³/mol. The Hall–Kier alpha value is 0.842. The van der Waals surface area contributed by atoms with Gasteiger partial charge < -0.3 is 0 Å². The fourth-order valence-corrected chi connectivity index (χ4v) is 1.67. The van der Waals surface area contributed by atoms with Gasteiger partial charge in [-0.15, -0.1) is 0 Å². The van der Waals surface area contributed by atoms with Crippen LogP contribution in [0, 0.1) is 0 Å². The number of hydrogen-bond donors (Lipinski definition) is 0. The van der Waals surface area contributed by atoms with Crippen molar-refractivity contribution in [2.45, 2.75) is 39.3 Å². The van der Waals surface area contributed by atoms with Gasteiger partial charge in [0.15, 0.2) is 0 Å². The summed E-state index contributed by atoms with van der Waals surface area (Å²) in [4.78, 5) is 2.31. The Kier molecular flexibility index (Phi) is 5.13. The normalized spacial score (nSPS) is 15.5. The van der Waals surface area contributed by atoms with Crippen LogP contribution in [0.2, 0.25) is 0 Å². The van der Waals surface area contributed by atoms with E-state index < -0.39 is 0 Å². The van der Waals surface area contributed by atoms with Crippen molar-refractivity contribution >= 4 is 26.2 Å². The van der Waals surface area contributed by atoms with Crippen molar-refractivity contribution in [3.05, 3.63) is 0 Å². The first-order valence-electron chi connectivity index (χ1n) is 4.03. The second-order valence-electron chi connectivity index (χ2n) is 3.47. The Morgan fingerprint density at radius 1 is 1.55 bits per heavy atom. The monoisotopic (exact) mass is 353 g/mol. The van der Waals surface area contributed by atoms with Crippen LogP contribution >= 0.6 is 0 Å². The summed E-state index contributed by atoms with van der Waals surface area (Å²) < 4.78 is 5.55. The van der Waals surface area contributed by atoms with Crippen LogP contribution < -0.4 is 0 Å². The first-order valence-corrected chi connectivity index (χ1v) is 5.87. The second kappa shape index (κ2) is 4.77. The van der Waals surface area contributed by atoms with E-state index in [0.717, 1.165) is 6.54 Å². The van der Waals surface area contributed by atoms with Gasteiger partial charge in [0.05, 0.1) is 0 Å². The molecule has 0 amide bonds. The summed E-state index contributed by atoms with van der Waals surface area (Å²) in [6, 6.07) is 0.498. The molecule has 0 bridgehead atoms. The van der Waals surface area contributed by atoms with Crippen LogP contribution in [0.1, 0.15) is 27.7 Å². The minimum absolute atomic E-state index is 0.0232. The fraction of sp³-hybridized carbons (Fsp3) is 1.00. The van der Waals surface area contributed by atoms with E-state index in [0.29, 0.717) is 32.3 Å². The molecule has 2 radical (unpaired) electrons. The first kappa shape index (κ1) is 11.8. The molecule has 0 spiro atoms. The number of rotatable bonds is 4. The summed E-state index contributed by atoms with van der Waals surface area (Å²) in [7, 11) is 2.14. The van der Waals surface area contributed by atoms with Crippen molar-refractivity contribution in [3.8, 4) is 0 Å². The topological polar surface area (TPSA) is 12.5 Å². The summed E-state index contributed by atoms with van der Waals surface area (Å²) in [5.74, 6) is 0. The SMILES string of the molecule is CCN(C)C(C)C(C)(C)[O][PbH]. The third-order valence-corrected chi connectivity index (χ3v) is 4.83. The van der Waals surface area contributed by atoms with Crippen LogP contribution in [0.3, 0.4) is 0 Å². The molecule has 0 N–H and O–H groups in total. The molecule has 1 unspecified atom stereocenters. The average molecular weight is 352 g/mol. The van der Waals surface area contributed by atoms with Crippen LogP contribution in [0.15, 0.2) is 0 Å². The molecule has 0 saturated heterocycles. The standard InChI is InChI=1S/C8H18NO.Pb.H/c1-6-9(5)7(2)8(3,4)10;;/h7H,6H2,1-5H3;;/q-1;+1;. The van der Waals surface area contributed by atoms with E-state index in [1.165, 1.54) is 0 Å². The number of nitrogens with zero attached hydrogens (tertiary/aromatic N) is 1. The molecule has 0 rings (SSSR count). The molecule has 66 valence electrons. The Morgan fingerprint density at radius 2 is 2.00 bits per heavy atom. The molecule has 2 nitrogen and oxygen atoms in total. The van der Waals surface area contributed by atoms with Crippen molar-refractivity contribution in [1.82, 2.24) is 4.90 Å². The van der Waals surface area contributed by atoms with E-state index in [9.17, 15) is 0 Å². The zero-order valence-corrected chi connectivity index (χ0v) is 12.7. The third-order valence-electron chi connectivity index (χ3n) is 2.47. The van der Waals surface area contributed by atoms with Crippen LogP contribution in [-0.4, -0.2) is 56.4 Å². The maximum atomic E-state index is 5.55. The first-order chi connectivity index (χ1) is 4.95. The van der Waals surface area contributed by atoms with Crippen LogP contribution in [0.4, 0.5) is 0 Å². The Bertz CT molecular complexity index is 117. The van der Waals surface area contributed by atoms with Crippen LogP contribution in [-0.2, 0) is 2.69 Å². The molecule has 0 heterocycles. The van der Waals surface area contributed by atoms with Crippen molar-refractivity contribution in [2.75, 3.05) is 13.6 Å². The molecular formula is C8H19NOPb. The molecule has 0 aliphatic rings. The summed E-state index contributed by atoms with van der Waals surface area (Å²) in [5.41, 5.74) is 0.0232. The Labute approximate surface area is 86.6 Å². The van der Waals surface area contributed by atoms with Crippen LogP contribution in [0.25, 0.3) is 0 Å². The maximum absolute atomic E-state index is 5.55. The molecule has 11 heavy (non-hydrogen) atoms. The van der Waals surface area contributed by atoms with Crippen molar-refractivity contribution in [3.63, 3.8) is 0 Å². The second-order valence-corrected chi connectivity index (χ2v) is 4.39. The molecule has 0 aliphatic carbocycles. The molecule has 3 heteroatoms. The van der Waals surface area contributed by atoms with Gasteiger partial charge in [0.1, 0.15) is 0 Å². The average Bonchev–Trinajstić information content (AvgIpc) is 2.01. The fourth-order valence-electron chi connectivity index (χ4n) is 0.903. The molecule has 0 aromatic heterocycles. The minimum atomic E-state index is 0.0232.